The van der Waals surface area contributed by atoms with Gasteiger partial charge in [0.15, 0.2) is 5.96 Å². The van der Waals surface area contributed by atoms with Gasteiger partial charge in [0, 0.05) is 43.6 Å². The Labute approximate surface area is 153 Å². The van der Waals surface area contributed by atoms with Gasteiger partial charge in [-0.1, -0.05) is 34.6 Å². The zero-order valence-electron chi connectivity index (χ0n) is 17.2. The second-order valence-corrected chi connectivity index (χ2v) is 7.82. The van der Waals surface area contributed by atoms with E-state index in [2.05, 4.69) is 41.7 Å². The Bertz CT molecular complexity index is 453. The first kappa shape index (κ1) is 21.7. The molecule has 1 aliphatic carbocycles. The average Bonchev–Trinajstić information content (AvgIpc) is 2.56. The lowest BCUT2D eigenvalue weighted by molar-refractivity contribution is -0.133. The van der Waals surface area contributed by atoms with Crippen molar-refractivity contribution >= 4 is 11.9 Å². The molecule has 1 amide bonds. The Morgan fingerprint density at radius 2 is 1.76 bits per heavy atom. The Kier molecular flexibility index (Phi) is 8.19. The van der Waals surface area contributed by atoms with Crippen molar-refractivity contribution in [1.29, 1.82) is 0 Å². The number of guanidine groups is 1. The van der Waals surface area contributed by atoms with E-state index in [1.165, 1.54) is 0 Å². The van der Waals surface area contributed by atoms with Gasteiger partial charge in [0.1, 0.15) is 0 Å². The molecule has 0 aromatic rings. The molecule has 0 heterocycles. The molecule has 0 radical (unpaired) electrons. The van der Waals surface area contributed by atoms with E-state index in [0.29, 0.717) is 25.2 Å². The van der Waals surface area contributed by atoms with Crippen LogP contribution in [0.4, 0.5) is 0 Å². The van der Waals surface area contributed by atoms with Crippen molar-refractivity contribution < 1.29 is 9.53 Å². The minimum Gasteiger partial charge on any atom is -0.378 e. The van der Waals surface area contributed by atoms with Gasteiger partial charge in [0.2, 0.25) is 5.91 Å². The molecular formula is C19H38N4O2. The number of carbonyl (C=O) groups excluding carboxylic acids is 1. The molecule has 0 aromatic carbocycles. The van der Waals surface area contributed by atoms with Crippen LogP contribution in [0, 0.1) is 10.8 Å². The fourth-order valence-electron chi connectivity index (χ4n) is 3.57. The maximum absolute atomic E-state index is 11.9. The molecule has 2 unspecified atom stereocenters. The summed E-state index contributed by atoms with van der Waals surface area (Å²) in [5.74, 6) is 0.850. The number of hydrogen-bond acceptors (Lipinski definition) is 3. The van der Waals surface area contributed by atoms with Crippen LogP contribution >= 0.6 is 0 Å². The molecule has 1 rings (SSSR count). The Morgan fingerprint density at radius 1 is 1.16 bits per heavy atom. The summed E-state index contributed by atoms with van der Waals surface area (Å²) in [6, 6.07) is 0.370. The third kappa shape index (κ3) is 5.33. The third-order valence-electron chi connectivity index (χ3n) is 5.39. The highest BCUT2D eigenvalue weighted by Crippen LogP contribution is 2.48. The number of ether oxygens (including phenoxy) is 1. The average molecular weight is 355 g/mol. The number of nitrogens with one attached hydrogen (secondary N) is 3. The summed E-state index contributed by atoms with van der Waals surface area (Å²) in [6.07, 6.45) is 3.51. The zero-order valence-corrected chi connectivity index (χ0v) is 17.2. The van der Waals surface area contributed by atoms with Gasteiger partial charge in [-0.2, -0.15) is 0 Å². The van der Waals surface area contributed by atoms with Crippen LogP contribution in [0.3, 0.4) is 0 Å². The van der Waals surface area contributed by atoms with Crippen molar-refractivity contribution in [3.63, 3.8) is 0 Å². The Balaban J connectivity index is 2.47. The maximum Gasteiger partial charge on any atom is 0.225 e. The van der Waals surface area contributed by atoms with Crippen molar-refractivity contribution in [2.24, 2.45) is 15.8 Å². The number of nitrogens with zero attached hydrogens (tertiary/aromatic N) is 1. The summed E-state index contributed by atoms with van der Waals surface area (Å²) in [5.41, 5.74) is -0.184. The fourth-order valence-corrected chi connectivity index (χ4v) is 3.57. The molecule has 0 aliphatic heterocycles. The molecule has 0 aromatic heterocycles. The zero-order chi connectivity index (χ0) is 19.1. The number of amides is 1. The van der Waals surface area contributed by atoms with Gasteiger partial charge in [0.05, 0.1) is 6.10 Å². The first-order chi connectivity index (χ1) is 11.7. The van der Waals surface area contributed by atoms with Gasteiger partial charge in [-0.25, -0.2) is 0 Å². The lowest BCUT2D eigenvalue weighted by Crippen LogP contribution is -2.65. The van der Waals surface area contributed by atoms with Crippen molar-refractivity contribution in [3.05, 3.63) is 0 Å². The summed E-state index contributed by atoms with van der Waals surface area (Å²) in [5, 5.41) is 9.78. The van der Waals surface area contributed by atoms with E-state index in [-0.39, 0.29) is 16.7 Å². The van der Waals surface area contributed by atoms with Crippen molar-refractivity contribution in [1.82, 2.24) is 16.0 Å². The molecule has 25 heavy (non-hydrogen) atoms. The minimum absolute atomic E-state index is 0.0618. The van der Waals surface area contributed by atoms with Crippen LogP contribution in [0.2, 0.25) is 0 Å². The lowest BCUT2D eigenvalue weighted by atomic mass is 9.58. The second kappa shape index (κ2) is 9.41. The largest absolute Gasteiger partial charge is 0.378 e. The molecule has 0 spiro atoms. The summed E-state index contributed by atoms with van der Waals surface area (Å²) in [7, 11) is 1.78. The van der Waals surface area contributed by atoms with Crippen molar-refractivity contribution in [2.45, 2.75) is 73.0 Å². The molecule has 2 atom stereocenters. The third-order valence-corrected chi connectivity index (χ3v) is 5.39. The second-order valence-electron chi connectivity index (χ2n) is 7.82. The van der Waals surface area contributed by atoms with Crippen LogP contribution in [0.15, 0.2) is 4.99 Å². The molecule has 6 heteroatoms. The van der Waals surface area contributed by atoms with Crippen LogP contribution in [0.5, 0.6) is 0 Å². The highest BCUT2D eigenvalue weighted by Gasteiger charge is 2.53. The number of rotatable bonds is 8. The SMILES string of the molecule is CCOC1CC(NC(=NC)NCCNC(=O)C(C)(C)C)C1(CC)CC. The summed E-state index contributed by atoms with van der Waals surface area (Å²) in [4.78, 5) is 16.2. The smallest absolute Gasteiger partial charge is 0.225 e. The molecule has 0 bridgehead atoms. The van der Waals surface area contributed by atoms with Gasteiger partial charge < -0.3 is 20.7 Å². The predicted octanol–water partition coefficient (Wildman–Crippen LogP) is 2.30. The van der Waals surface area contributed by atoms with E-state index in [9.17, 15) is 4.79 Å². The van der Waals surface area contributed by atoms with Gasteiger partial charge in [-0.3, -0.25) is 9.79 Å². The van der Waals surface area contributed by atoms with E-state index >= 15 is 0 Å². The number of hydrogen-bond donors (Lipinski definition) is 3. The van der Waals surface area contributed by atoms with Crippen LogP contribution in [0.25, 0.3) is 0 Å². The monoisotopic (exact) mass is 354 g/mol. The molecule has 1 saturated carbocycles. The fraction of sp³-hybridized carbons (Fsp3) is 0.895. The van der Waals surface area contributed by atoms with E-state index in [1.807, 2.05) is 20.8 Å². The first-order valence-electron chi connectivity index (χ1n) is 9.62. The van der Waals surface area contributed by atoms with E-state index in [1.54, 1.807) is 7.05 Å². The van der Waals surface area contributed by atoms with Crippen LogP contribution in [-0.2, 0) is 9.53 Å². The molecule has 1 aliphatic rings. The molecule has 146 valence electrons. The number of carbonyl (C=O) groups is 1. The van der Waals surface area contributed by atoms with Gasteiger partial charge >= 0.3 is 0 Å². The quantitative estimate of drug-likeness (QED) is 0.355. The van der Waals surface area contributed by atoms with E-state index < -0.39 is 0 Å². The van der Waals surface area contributed by atoms with Crippen molar-refractivity contribution in [3.8, 4) is 0 Å². The van der Waals surface area contributed by atoms with Crippen molar-refractivity contribution in [2.75, 3.05) is 26.7 Å². The minimum atomic E-state index is -0.359. The Morgan fingerprint density at radius 3 is 2.24 bits per heavy atom. The summed E-state index contributed by atoms with van der Waals surface area (Å²) >= 11 is 0. The van der Waals surface area contributed by atoms with E-state index in [4.69, 9.17) is 4.74 Å². The standard InChI is InChI=1S/C19H38N4O2/c1-8-19(9-2)14(13-15(19)25-10-3)23-17(20-7)22-12-11-21-16(24)18(4,5)6/h14-15H,8-13H2,1-7H3,(H,21,24)(H2,20,22,23). The van der Waals surface area contributed by atoms with Gasteiger partial charge in [0.25, 0.3) is 0 Å². The van der Waals surface area contributed by atoms with Crippen LogP contribution in [-0.4, -0.2) is 50.8 Å². The Hall–Kier alpha value is -1.30. The lowest BCUT2D eigenvalue weighted by Gasteiger charge is -2.55. The molecule has 0 saturated heterocycles. The highest BCUT2D eigenvalue weighted by atomic mass is 16.5. The molecule has 3 N–H and O–H groups in total. The molecule has 6 nitrogen and oxygen atoms in total. The summed E-state index contributed by atoms with van der Waals surface area (Å²) in [6.45, 7) is 14.3. The number of aliphatic imine (C=N–C) groups is 1. The topological polar surface area (TPSA) is 74.8 Å². The van der Waals surface area contributed by atoms with Gasteiger partial charge in [-0.15, -0.1) is 0 Å². The first-order valence-corrected chi connectivity index (χ1v) is 9.62. The predicted molar refractivity (Wildman–Crippen MR) is 104 cm³/mol. The maximum atomic E-state index is 11.9. The van der Waals surface area contributed by atoms with Crippen LogP contribution in [0.1, 0.15) is 60.8 Å². The highest BCUT2D eigenvalue weighted by molar-refractivity contribution is 5.82. The summed E-state index contributed by atoms with van der Waals surface area (Å²) < 4.78 is 5.93. The van der Waals surface area contributed by atoms with Crippen LogP contribution < -0.4 is 16.0 Å². The van der Waals surface area contributed by atoms with E-state index in [0.717, 1.165) is 31.8 Å². The molecular weight excluding hydrogens is 316 g/mol. The van der Waals surface area contributed by atoms with Gasteiger partial charge in [-0.05, 0) is 26.2 Å². The normalized spacial score (nSPS) is 22.9. The molecule has 1 fully saturated rings.